The fourth-order valence-electron chi connectivity index (χ4n) is 4.04. The molecule has 0 aromatic heterocycles. The van der Waals surface area contributed by atoms with Gasteiger partial charge in [0.15, 0.2) is 0 Å². The van der Waals surface area contributed by atoms with E-state index in [0.717, 1.165) is 29.2 Å². The van der Waals surface area contributed by atoms with Crippen LogP contribution in [0.1, 0.15) is 28.3 Å². The van der Waals surface area contributed by atoms with Gasteiger partial charge in [0.25, 0.3) is 17.4 Å². The number of nitro groups is 1. The summed E-state index contributed by atoms with van der Waals surface area (Å²) in [5.41, 5.74) is -1.01. The number of aryl methyl sites for hydroxylation is 1. The molecule has 7 nitrogen and oxygen atoms in total. The minimum Gasteiger partial charge on any atom is -0.507 e. The maximum Gasteiger partial charge on any atom is 0.416 e. The third kappa shape index (κ3) is 4.25. The zero-order chi connectivity index (χ0) is 25.5. The Balaban J connectivity index is 1.98. The topological polar surface area (TPSA) is 101 Å². The number of rotatable bonds is 4. The molecule has 1 fully saturated rings. The molecule has 1 N–H and O–H groups in total. The highest BCUT2D eigenvalue weighted by atomic mass is 19.4. The fourth-order valence-corrected chi connectivity index (χ4v) is 4.04. The summed E-state index contributed by atoms with van der Waals surface area (Å²) >= 11 is 0. The predicted octanol–water partition coefficient (Wildman–Crippen LogP) is 5.55. The number of alkyl halides is 3. The Bertz CT molecular complexity index is 1400. The number of halogens is 3. The normalized spacial score (nSPS) is 17.6. The van der Waals surface area contributed by atoms with Crippen molar-refractivity contribution in [3.63, 3.8) is 0 Å². The van der Waals surface area contributed by atoms with Crippen molar-refractivity contribution in [3.8, 4) is 0 Å². The summed E-state index contributed by atoms with van der Waals surface area (Å²) in [6.45, 7) is 1.69. The summed E-state index contributed by atoms with van der Waals surface area (Å²) < 4.78 is 40.1. The lowest BCUT2D eigenvalue weighted by Gasteiger charge is -2.27. The first-order valence-electron chi connectivity index (χ1n) is 10.3. The number of carbonyl (C=O) groups excluding carboxylic acids is 2. The van der Waals surface area contributed by atoms with E-state index in [1.165, 1.54) is 24.3 Å². The maximum absolute atomic E-state index is 13.4. The van der Waals surface area contributed by atoms with Gasteiger partial charge in [-0.05, 0) is 36.2 Å². The molecule has 1 aliphatic rings. The van der Waals surface area contributed by atoms with E-state index in [1.807, 2.05) is 0 Å². The van der Waals surface area contributed by atoms with Crippen molar-refractivity contribution in [1.29, 1.82) is 0 Å². The zero-order valence-corrected chi connectivity index (χ0v) is 18.1. The van der Waals surface area contributed by atoms with Gasteiger partial charge in [0.05, 0.1) is 22.1 Å². The fraction of sp³-hybridized carbons (Fsp3) is 0.120. The number of amides is 1. The van der Waals surface area contributed by atoms with Crippen molar-refractivity contribution in [2.24, 2.45) is 0 Å². The number of hydrogen-bond donors (Lipinski definition) is 1. The van der Waals surface area contributed by atoms with Gasteiger partial charge in [-0.1, -0.05) is 42.5 Å². The van der Waals surface area contributed by atoms with E-state index in [0.29, 0.717) is 11.1 Å². The first-order chi connectivity index (χ1) is 16.5. The summed E-state index contributed by atoms with van der Waals surface area (Å²) in [5.74, 6) is -2.93. The summed E-state index contributed by atoms with van der Waals surface area (Å²) in [6, 6.07) is 14.2. The van der Waals surface area contributed by atoms with Gasteiger partial charge in [0.1, 0.15) is 5.76 Å². The van der Waals surface area contributed by atoms with Crippen LogP contribution in [0.4, 0.5) is 24.5 Å². The van der Waals surface area contributed by atoms with E-state index in [-0.39, 0.29) is 22.5 Å². The van der Waals surface area contributed by atoms with Gasteiger partial charge < -0.3 is 5.11 Å². The lowest BCUT2D eigenvalue weighted by atomic mass is 9.92. The molecular formula is C25H17F3N2O5. The van der Waals surface area contributed by atoms with Crippen molar-refractivity contribution in [2.45, 2.75) is 19.1 Å². The minimum absolute atomic E-state index is 0.0835. The van der Waals surface area contributed by atoms with Gasteiger partial charge in [-0.2, -0.15) is 13.2 Å². The van der Waals surface area contributed by atoms with Gasteiger partial charge in [-0.3, -0.25) is 24.6 Å². The summed E-state index contributed by atoms with van der Waals surface area (Å²) in [7, 11) is 0. The number of nitrogens with zero attached hydrogens (tertiary/aromatic N) is 2. The van der Waals surface area contributed by atoms with Crippen LogP contribution in [-0.4, -0.2) is 21.7 Å². The number of nitro benzene ring substituents is 1. The Hall–Kier alpha value is -4.47. The van der Waals surface area contributed by atoms with Crippen LogP contribution in [0.15, 0.2) is 78.4 Å². The number of aliphatic hydroxyl groups excluding tert-OH is 1. The van der Waals surface area contributed by atoms with E-state index in [1.54, 1.807) is 31.2 Å². The minimum atomic E-state index is -4.69. The highest BCUT2D eigenvalue weighted by Crippen LogP contribution is 2.44. The van der Waals surface area contributed by atoms with E-state index in [4.69, 9.17) is 0 Å². The van der Waals surface area contributed by atoms with E-state index in [2.05, 4.69) is 0 Å². The van der Waals surface area contributed by atoms with Crippen LogP contribution < -0.4 is 4.90 Å². The number of anilines is 1. The SMILES string of the molecule is Cc1ccccc1C1/C(=C(\O)c2cccc([N+](=O)[O-])c2)C(=O)C(=O)N1c1cccc(C(F)(F)F)c1. The molecular weight excluding hydrogens is 465 g/mol. The number of ketones is 1. The first kappa shape index (κ1) is 23.7. The molecule has 3 aromatic carbocycles. The lowest BCUT2D eigenvalue weighted by Crippen LogP contribution is -2.30. The number of aliphatic hydroxyl groups is 1. The smallest absolute Gasteiger partial charge is 0.416 e. The Morgan fingerprint density at radius 2 is 1.69 bits per heavy atom. The van der Waals surface area contributed by atoms with E-state index < -0.39 is 40.2 Å². The Labute approximate surface area is 196 Å². The van der Waals surface area contributed by atoms with Gasteiger partial charge in [-0.25, -0.2) is 0 Å². The number of carbonyl (C=O) groups is 2. The lowest BCUT2D eigenvalue weighted by molar-refractivity contribution is -0.384. The van der Waals surface area contributed by atoms with Crippen LogP contribution in [-0.2, 0) is 15.8 Å². The first-order valence-corrected chi connectivity index (χ1v) is 10.3. The zero-order valence-electron chi connectivity index (χ0n) is 18.1. The highest BCUT2D eigenvalue weighted by molar-refractivity contribution is 6.51. The molecule has 1 atom stereocenters. The molecule has 0 saturated carbocycles. The Morgan fingerprint density at radius 1 is 1.00 bits per heavy atom. The average molecular weight is 482 g/mol. The number of hydrogen-bond acceptors (Lipinski definition) is 5. The molecule has 0 aliphatic carbocycles. The molecule has 1 amide bonds. The van der Waals surface area contributed by atoms with Crippen LogP contribution in [0.5, 0.6) is 0 Å². The molecule has 35 heavy (non-hydrogen) atoms. The van der Waals surface area contributed by atoms with Crippen LogP contribution in [0, 0.1) is 17.0 Å². The van der Waals surface area contributed by atoms with E-state index in [9.17, 15) is 38.0 Å². The largest absolute Gasteiger partial charge is 0.507 e. The highest BCUT2D eigenvalue weighted by Gasteiger charge is 2.47. The van der Waals surface area contributed by atoms with Crippen LogP contribution >= 0.6 is 0 Å². The van der Waals surface area contributed by atoms with Gasteiger partial charge in [-0.15, -0.1) is 0 Å². The molecule has 178 valence electrons. The maximum atomic E-state index is 13.4. The van der Waals surface area contributed by atoms with Crippen LogP contribution in [0.25, 0.3) is 5.76 Å². The molecule has 0 radical (unpaired) electrons. The molecule has 10 heteroatoms. The van der Waals surface area contributed by atoms with Gasteiger partial charge in [0.2, 0.25) is 0 Å². The van der Waals surface area contributed by atoms with Crippen LogP contribution in [0.2, 0.25) is 0 Å². The second-order valence-electron chi connectivity index (χ2n) is 7.88. The van der Waals surface area contributed by atoms with Gasteiger partial charge >= 0.3 is 6.18 Å². The number of non-ortho nitro benzene ring substituents is 1. The van der Waals surface area contributed by atoms with Gasteiger partial charge in [0, 0.05) is 23.4 Å². The summed E-state index contributed by atoms with van der Waals surface area (Å²) in [5, 5.41) is 22.2. The summed E-state index contributed by atoms with van der Waals surface area (Å²) in [6.07, 6.45) is -4.69. The molecule has 4 rings (SSSR count). The standard InChI is InChI=1S/C25H17F3N2O5/c1-14-6-2-3-11-19(14)21-20(22(31)15-7-4-10-18(12-15)30(34)35)23(32)24(33)29(21)17-9-5-8-16(13-17)25(26,27)28/h2-13,21,31H,1H3/b22-20+. The monoisotopic (exact) mass is 482 g/mol. The molecule has 1 aliphatic heterocycles. The molecule has 1 saturated heterocycles. The van der Waals surface area contributed by atoms with Crippen molar-refractivity contribution < 1.29 is 32.8 Å². The third-order valence-corrected chi connectivity index (χ3v) is 5.71. The Morgan fingerprint density at radius 3 is 2.34 bits per heavy atom. The third-order valence-electron chi connectivity index (χ3n) is 5.71. The quantitative estimate of drug-likeness (QED) is 0.173. The molecule has 1 unspecified atom stereocenters. The summed E-state index contributed by atoms with van der Waals surface area (Å²) in [4.78, 5) is 37.7. The second-order valence-corrected chi connectivity index (χ2v) is 7.88. The van der Waals surface area contributed by atoms with Crippen molar-refractivity contribution in [3.05, 3.63) is 111 Å². The Kier molecular flexibility index (Phi) is 5.89. The van der Waals surface area contributed by atoms with Crippen molar-refractivity contribution >= 4 is 28.8 Å². The van der Waals surface area contributed by atoms with Crippen molar-refractivity contribution in [2.75, 3.05) is 4.90 Å². The van der Waals surface area contributed by atoms with E-state index >= 15 is 0 Å². The second kappa shape index (κ2) is 8.71. The molecule has 3 aromatic rings. The number of benzene rings is 3. The average Bonchev–Trinajstić information content (AvgIpc) is 3.08. The number of Topliss-reactive ketones (excluding diaryl/α,β-unsaturated/α-hetero) is 1. The molecule has 1 heterocycles. The molecule has 0 spiro atoms. The van der Waals surface area contributed by atoms with Crippen molar-refractivity contribution in [1.82, 2.24) is 0 Å². The van der Waals surface area contributed by atoms with Crippen LogP contribution in [0.3, 0.4) is 0 Å². The molecule has 0 bridgehead atoms. The predicted molar refractivity (Wildman–Crippen MR) is 121 cm³/mol.